The summed E-state index contributed by atoms with van der Waals surface area (Å²) in [5.74, 6) is 1.20. The molecule has 1 aromatic carbocycles. The predicted molar refractivity (Wildman–Crippen MR) is 78.9 cm³/mol. The summed E-state index contributed by atoms with van der Waals surface area (Å²) >= 11 is 0. The van der Waals surface area contributed by atoms with Crippen LogP contribution in [-0.4, -0.2) is 19.6 Å². The molecule has 0 bridgehead atoms. The molecule has 2 nitrogen and oxygen atoms in total. The van der Waals surface area contributed by atoms with E-state index in [1.54, 1.807) is 6.07 Å². The van der Waals surface area contributed by atoms with Gasteiger partial charge in [-0.3, -0.25) is 0 Å². The van der Waals surface area contributed by atoms with Crippen molar-refractivity contribution in [1.29, 1.82) is 0 Å². The molecular weight excluding hydrogens is 239 g/mol. The molecule has 0 spiro atoms. The summed E-state index contributed by atoms with van der Waals surface area (Å²) in [6.07, 6.45) is 1.25. The second-order valence-corrected chi connectivity index (χ2v) is 5.92. The summed E-state index contributed by atoms with van der Waals surface area (Å²) in [6.45, 7) is 10.1. The van der Waals surface area contributed by atoms with Crippen molar-refractivity contribution in [3.8, 4) is 0 Å². The summed E-state index contributed by atoms with van der Waals surface area (Å²) in [4.78, 5) is 2.20. The number of piperidine rings is 1. The van der Waals surface area contributed by atoms with Crippen LogP contribution in [0, 0.1) is 17.7 Å². The van der Waals surface area contributed by atoms with Gasteiger partial charge in [0.25, 0.3) is 0 Å². The van der Waals surface area contributed by atoms with Gasteiger partial charge >= 0.3 is 0 Å². The van der Waals surface area contributed by atoms with Gasteiger partial charge in [0, 0.05) is 19.6 Å². The van der Waals surface area contributed by atoms with E-state index in [4.69, 9.17) is 0 Å². The zero-order valence-corrected chi connectivity index (χ0v) is 12.2. The summed E-state index contributed by atoms with van der Waals surface area (Å²) in [7, 11) is 0. The highest BCUT2D eigenvalue weighted by atomic mass is 19.1. The van der Waals surface area contributed by atoms with Crippen LogP contribution in [0.3, 0.4) is 0 Å². The highest BCUT2D eigenvalue weighted by Gasteiger charge is 2.23. The van der Waals surface area contributed by atoms with Crippen LogP contribution in [0.2, 0.25) is 0 Å². The molecule has 1 aliphatic heterocycles. The maximum absolute atomic E-state index is 14.2. The molecule has 1 aliphatic rings. The Balaban J connectivity index is 2.11. The summed E-state index contributed by atoms with van der Waals surface area (Å²) < 4.78 is 14.2. The van der Waals surface area contributed by atoms with Crippen LogP contribution < -0.4 is 10.2 Å². The largest absolute Gasteiger partial charge is 0.369 e. The van der Waals surface area contributed by atoms with Crippen molar-refractivity contribution in [3.05, 3.63) is 29.6 Å². The molecule has 0 aliphatic carbocycles. The Morgan fingerprint density at radius 3 is 2.53 bits per heavy atom. The Hall–Kier alpha value is -1.09. The van der Waals surface area contributed by atoms with Crippen molar-refractivity contribution in [2.75, 3.05) is 24.5 Å². The zero-order chi connectivity index (χ0) is 13.8. The fraction of sp³-hybridized carbons (Fsp3) is 0.625. The minimum Gasteiger partial charge on any atom is -0.369 e. The maximum Gasteiger partial charge on any atom is 0.146 e. The molecule has 1 N–H and O–H groups in total. The molecule has 1 heterocycles. The van der Waals surface area contributed by atoms with E-state index in [2.05, 4.69) is 31.0 Å². The quantitative estimate of drug-likeness (QED) is 0.896. The lowest BCUT2D eigenvalue weighted by molar-refractivity contribution is 0.354. The Morgan fingerprint density at radius 2 is 1.95 bits per heavy atom. The third kappa shape index (κ3) is 3.69. The fourth-order valence-corrected chi connectivity index (χ4v) is 3.05. The number of halogens is 1. The molecule has 2 unspecified atom stereocenters. The molecule has 2 rings (SSSR count). The van der Waals surface area contributed by atoms with Gasteiger partial charge < -0.3 is 10.2 Å². The van der Waals surface area contributed by atoms with Crippen LogP contribution in [0.1, 0.15) is 32.8 Å². The molecule has 1 saturated heterocycles. The van der Waals surface area contributed by atoms with Gasteiger partial charge in [-0.2, -0.15) is 0 Å². The first-order valence-corrected chi connectivity index (χ1v) is 7.34. The average Bonchev–Trinajstić information content (AvgIpc) is 2.35. The Bertz CT molecular complexity index is 409. The van der Waals surface area contributed by atoms with E-state index in [0.717, 1.165) is 37.4 Å². The molecular formula is C16H25FN2. The lowest BCUT2D eigenvalue weighted by Crippen LogP contribution is -2.39. The molecule has 2 atom stereocenters. The third-order valence-electron chi connectivity index (χ3n) is 3.80. The van der Waals surface area contributed by atoms with E-state index >= 15 is 0 Å². The monoisotopic (exact) mass is 264 g/mol. The minimum absolute atomic E-state index is 0.0864. The van der Waals surface area contributed by atoms with Gasteiger partial charge in [0.05, 0.1) is 5.69 Å². The molecule has 1 aromatic rings. The first kappa shape index (κ1) is 14.3. The van der Waals surface area contributed by atoms with Crippen molar-refractivity contribution in [2.45, 2.75) is 33.7 Å². The van der Waals surface area contributed by atoms with E-state index in [9.17, 15) is 4.39 Å². The Labute approximate surface area is 116 Å². The van der Waals surface area contributed by atoms with E-state index in [1.165, 1.54) is 6.42 Å². The van der Waals surface area contributed by atoms with Crippen LogP contribution in [0.4, 0.5) is 10.1 Å². The van der Waals surface area contributed by atoms with Gasteiger partial charge in [-0.15, -0.1) is 0 Å². The highest BCUT2D eigenvalue weighted by Crippen LogP contribution is 2.28. The lowest BCUT2D eigenvalue weighted by Gasteiger charge is -2.36. The van der Waals surface area contributed by atoms with Crippen LogP contribution in [-0.2, 0) is 6.54 Å². The van der Waals surface area contributed by atoms with Crippen molar-refractivity contribution < 1.29 is 4.39 Å². The van der Waals surface area contributed by atoms with Crippen LogP contribution in [0.15, 0.2) is 18.2 Å². The highest BCUT2D eigenvalue weighted by molar-refractivity contribution is 5.49. The topological polar surface area (TPSA) is 15.3 Å². The third-order valence-corrected chi connectivity index (χ3v) is 3.80. The number of benzene rings is 1. The molecule has 0 saturated carbocycles. The molecule has 0 amide bonds. The van der Waals surface area contributed by atoms with Gasteiger partial charge in [-0.05, 0) is 42.5 Å². The second kappa shape index (κ2) is 6.38. The zero-order valence-electron chi connectivity index (χ0n) is 12.2. The van der Waals surface area contributed by atoms with Gasteiger partial charge in [-0.1, -0.05) is 26.8 Å². The number of anilines is 1. The van der Waals surface area contributed by atoms with Gasteiger partial charge in [0.2, 0.25) is 0 Å². The number of hydrogen-bond acceptors (Lipinski definition) is 2. The van der Waals surface area contributed by atoms with Crippen LogP contribution in [0.25, 0.3) is 0 Å². The van der Waals surface area contributed by atoms with Crippen molar-refractivity contribution >= 4 is 5.69 Å². The Morgan fingerprint density at radius 1 is 1.26 bits per heavy atom. The molecule has 0 aromatic heterocycles. The second-order valence-electron chi connectivity index (χ2n) is 5.92. The lowest BCUT2D eigenvalue weighted by atomic mass is 9.91. The van der Waals surface area contributed by atoms with E-state index < -0.39 is 0 Å². The molecule has 106 valence electrons. The normalized spacial score (nSPS) is 23.7. The number of hydrogen-bond donors (Lipinski definition) is 1. The average molecular weight is 264 g/mol. The van der Waals surface area contributed by atoms with Crippen molar-refractivity contribution in [2.24, 2.45) is 11.8 Å². The summed E-state index contributed by atoms with van der Waals surface area (Å²) in [6, 6.07) is 5.64. The van der Waals surface area contributed by atoms with Crippen molar-refractivity contribution in [1.82, 2.24) is 5.32 Å². The molecule has 3 heteroatoms. The van der Waals surface area contributed by atoms with Gasteiger partial charge in [0.1, 0.15) is 5.82 Å². The number of nitrogens with one attached hydrogen (secondary N) is 1. The van der Waals surface area contributed by atoms with Gasteiger partial charge in [-0.25, -0.2) is 4.39 Å². The van der Waals surface area contributed by atoms with Crippen LogP contribution in [0.5, 0.6) is 0 Å². The molecule has 1 fully saturated rings. The van der Waals surface area contributed by atoms with Crippen LogP contribution >= 0.6 is 0 Å². The molecule has 0 radical (unpaired) electrons. The SMILES string of the molecule is CCNCc1ccc(N2CC(C)CC(C)C2)c(F)c1. The standard InChI is InChI=1S/C16H25FN2/c1-4-18-9-14-5-6-16(15(17)8-14)19-10-12(2)7-13(3)11-19/h5-6,8,12-13,18H,4,7,9-11H2,1-3H3. The Kier molecular flexibility index (Phi) is 4.81. The van der Waals surface area contributed by atoms with E-state index in [0.29, 0.717) is 11.8 Å². The van der Waals surface area contributed by atoms with E-state index in [-0.39, 0.29) is 5.82 Å². The fourth-order valence-electron chi connectivity index (χ4n) is 3.05. The van der Waals surface area contributed by atoms with E-state index in [1.807, 2.05) is 12.1 Å². The van der Waals surface area contributed by atoms with Crippen molar-refractivity contribution in [3.63, 3.8) is 0 Å². The maximum atomic E-state index is 14.2. The number of nitrogens with zero attached hydrogens (tertiary/aromatic N) is 1. The summed E-state index contributed by atoms with van der Waals surface area (Å²) in [5.41, 5.74) is 1.78. The predicted octanol–water partition coefficient (Wildman–Crippen LogP) is 3.42. The smallest absolute Gasteiger partial charge is 0.146 e. The van der Waals surface area contributed by atoms with Gasteiger partial charge in [0.15, 0.2) is 0 Å². The first-order chi connectivity index (χ1) is 9.10. The molecule has 19 heavy (non-hydrogen) atoms. The first-order valence-electron chi connectivity index (χ1n) is 7.34. The number of rotatable bonds is 4. The minimum atomic E-state index is -0.0864. The summed E-state index contributed by atoms with van der Waals surface area (Å²) in [5, 5.41) is 3.22.